The first-order valence-electron chi connectivity index (χ1n) is 8.58. The molecule has 0 saturated heterocycles. The van der Waals surface area contributed by atoms with Gasteiger partial charge in [-0.05, 0) is 32.1 Å². The molecule has 7 nitrogen and oxygen atoms in total. The minimum atomic E-state index is -3.20. The fourth-order valence-electron chi connectivity index (χ4n) is 3.73. The van der Waals surface area contributed by atoms with E-state index in [1.54, 1.807) is 0 Å². The van der Waals surface area contributed by atoms with E-state index in [1.807, 2.05) is 0 Å². The summed E-state index contributed by atoms with van der Waals surface area (Å²) >= 11 is 0. The summed E-state index contributed by atoms with van der Waals surface area (Å²) in [5.74, 6) is -3.63. The lowest BCUT2D eigenvalue weighted by Crippen LogP contribution is -2.37. The van der Waals surface area contributed by atoms with E-state index >= 15 is 0 Å². The normalized spacial score (nSPS) is 29.2. The Morgan fingerprint density at radius 2 is 1.46 bits per heavy atom. The Bertz CT molecular complexity index is 529. The number of rotatable bonds is 7. The molecule has 2 unspecified atom stereocenters. The third-order valence-corrected chi connectivity index (χ3v) is 7.37. The molecule has 0 heterocycles. The minimum absolute atomic E-state index is 0.00216. The predicted molar refractivity (Wildman–Crippen MR) is 86.5 cm³/mol. The van der Waals surface area contributed by atoms with Gasteiger partial charge in [0.25, 0.3) is 0 Å². The van der Waals surface area contributed by atoms with Crippen LogP contribution < -0.4 is 0 Å². The van der Waals surface area contributed by atoms with Crippen molar-refractivity contribution < 1.29 is 33.0 Å². The topological polar surface area (TPSA) is 118 Å². The van der Waals surface area contributed by atoms with Crippen LogP contribution in [0, 0.1) is 11.8 Å². The average Bonchev–Trinajstić information content (AvgIpc) is 2.55. The largest absolute Gasteiger partial charge is 0.481 e. The van der Waals surface area contributed by atoms with Crippen molar-refractivity contribution in [1.82, 2.24) is 0 Å². The summed E-state index contributed by atoms with van der Waals surface area (Å²) in [6.07, 6.45) is 4.43. The number of ether oxygens (including phenoxy) is 1. The molecule has 0 radical (unpaired) electrons. The number of carboxylic acid groups (broad SMARTS) is 2. The lowest BCUT2D eigenvalue weighted by Gasteiger charge is -2.31. The third-order valence-electron chi connectivity index (χ3n) is 5.14. The van der Waals surface area contributed by atoms with Crippen molar-refractivity contribution in [2.45, 2.75) is 62.7 Å². The molecule has 2 fully saturated rings. The van der Waals surface area contributed by atoms with Crippen molar-refractivity contribution in [3.05, 3.63) is 0 Å². The van der Waals surface area contributed by atoms with Crippen LogP contribution in [0.2, 0.25) is 0 Å². The summed E-state index contributed by atoms with van der Waals surface area (Å²) in [4.78, 5) is 22.3. The van der Waals surface area contributed by atoms with Gasteiger partial charge in [-0.25, -0.2) is 8.42 Å². The van der Waals surface area contributed by atoms with Gasteiger partial charge in [0.15, 0.2) is 9.84 Å². The van der Waals surface area contributed by atoms with Gasteiger partial charge in [-0.2, -0.15) is 0 Å². The van der Waals surface area contributed by atoms with Crippen molar-refractivity contribution >= 4 is 21.8 Å². The van der Waals surface area contributed by atoms with Crippen LogP contribution in [-0.2, 0) is 24.2 Å². The molecule has 2 aliphatic carbocycles. The Morgan fingerprint density at radius 1 is 0.917 bits per heavy atom. The number of hydrogen-bond donors (Lipinski definition) is 2. The van der Waals surface area contributed by atoms with Gasteiger partial charge in [0, 0.05) is 0 Å². The molecule has 2 rings (SSSR count). The molecular formula is C16H26O7S. The number of carbonyl (C=O) groups is 2. The van der Waals surface area contributed by atoms with Crippen molar-refractivity contribution in [3.63, 3.8) is 0 Å². The zero-order valence-corrected chi connectivity index (χ0v) is 14.5. The van der Waals surface area contributed by atoms with E-state index in [-0.39, 0.29) is 36.9 Å². The predicted octanol–water partition coefficient (Wildman–Crippen LogP) is 1.70. The maximum absolute atomic E-state index is 12.3. The second-order valence-electron chi connectivity index (χ2n) is 6.90. The molecule has 138 valence electrons. The molecule has 2 atom stereocenters. The van der Waals surface area contributed by atoms with Gasteiger partial charge in [-0.15, -0.1) is 0 Å². The van der Waals surface area contributed by atoms with Crippen LogP contribution in [0.15, 0.2) is 0 Å². The zero-order valence-electron chi connectivity index (χ0n) is 13.7. The summed E-state index contributed by atoms with van der Waals surface area (Å²) in [6.45, 7) is 0.00216. The van der Waals surface area contributed by atoms with Gasteiger partial charge < -0.3 is 14.9 Å². The first-order valence-corrected chi connectivity index (χ1v) is 10.3. The number of aliphatic carboxylic acids is 2. The molecule has 0 aromatic rings. The molecule has 2 saturated carbocycles. The fraction of sp³-hybridized carbons (Fsp3) is 0.875. The van der Waals surface area contributed by atoms with Gasteiger partial charge in [-0.1, -0.05) is 19.3 Å². The lowest BCUT2D eigenvalue weighted by molar-refractivity contribution is -0.151. The molecule has 0 aromatic carbocycles. The average molecular weight is 362 g/mol. The molecule has 0 amide bonds. The summed E-state index contributed by atoms with van der Waals surface area (Å²) in [5, 5.41) is 18.0. The van der Waals surface area contributed by atoms with Gasteiger partial charge in [0.2, 0.25) is 0 Å². The molecular weight excluding hydrogens is 336 g/mol. The second kappa shape index (κ2) is 8.29. The first kappa shape index (κ1) is 19.2. The van der Waals surface area contributed by atoms with Crippen LogP contribution in [0.3, 0.4) is 0 Å². The number of hydrogen-bond acceptors (Lipinski definition) is 5. The fourth-order valence-corrected chi connectivity index (χ4v) is 5.44. The maximum Gasteiger partial charge on any atom is 0.306 e. The molecule has 0 aromatic heterocycles. The highest BCUT2D eigenvalue weighted by atomic mass is 32.2. The van der Waals surface area contributed by atoms with Gasteiger partial charge >= 0.3 is 11.9 Å². The molecule has 0 bridgehead atoms. The lowest BCUT2D eigenvalue weighted by atomic mass is 9.80. The smallest absolute Gasteiger partial charge is 0.306 e. The molecule has 8 heteroatoms. The minimum Gasteiger partial charge on any atom is -0.481 e. The molecule has 0 aliphatic heterocycles. The van der Waals surface area contributed by atoms with Gasteiger partial charge in [-0.3, -0.25) is 9.59 Å². The standard InChI is InChI=1S/C16H26O7S/c17-15(18)11-8-12(16(19)20)10-13(9-11)23-6-7-24(21,22)14-4-2-1-3-5-14/h11-14H,1-10H2,(H,17,18)(H,19,20). The van der Waals surface area contributed by atoms with E-state index in [0.717, 1.165) is 19.3 Å². The summed E-state index contributed by atoms with van der Waals surface area (Å²) in [6, 6.07) is 0. The van der Waals surface area contributed by atoms with Crippen LogP contribution in [0.25, 0.3) is 0 Å². The Morgan fingerprint density at radius 3 is 1.96 bits per heavy atom. The molecule has 24 heavy (non-hydrogen) atoms. The SMILES string of the molecule is O=C(O)C1CC(OCCS(=O)(=O)C2CCCCC2)CC(C(=O)O)C1. The quantitative estimate of drug-likeness (QED) is 0.707. The Hall–Kier alpha value is -1.15. The number of carboxylic acids is 2. The van der Waals surface area contributed by atoms with E-state index in [4.69, 9.17) is 14.9 Å². The third kappa shape index (κ3) is 5.17. The Balaban J connectivity index is 1.85. The van der Waals surface area contributed by atoms with Crippen molar-refractivity contribution in [3.8, 4) is 0 Å². The monoisotopic (exact) mass is 362 g/mol. The van der Waals surface area contributed by atoms with Crippen LogP contribution >= 0.6 is 0 Å². The highest BCUT2D eigenvalue weighted by Gasteiger charge is 2.37. The summed E-state index contributed by atoms with van der Waals surface area (Å²) < 4.78 is 30.2. The number of sulfone groups is 1. The van der Waals surface area contributed by atoms with Crippen molar-refractivity contribution in [2.75, 3.05) is 12.4 Å². The zero-order chi connectivity index (χ0) is 17.7. The van der Waals surface area contributed by atoms with Crippen LogP contribution in [0.1, 0.15) is 51.4 Å². The highest BCUT2D eigenvalue weighted by Crippen LogP contribution is 2.32. The van der Waals surface area contributed by atoms with Crippen LogP contribution in [-0.4, -0.2) is 54.3 Å². The second-order valence-corrected chi connectivity index (χ2v) is 9.30. The Labute approximate surface area is 142 Å². The van der Waals surface area contributed by atoms with Crippen molar-refractivity contribution in [2.24, 2.45) is 11.8 Å². The van der Waals surface area contributed by atoms with Crippen molar-refractivity contribution in [1.29, 1.82) is 0 Å². The molecule has 2 N–H and O–H groups in total. The molecule has 0 spiro atoms. The van der Waals surface area contributed by atoms with E-state index in [0.29, 0.717) is 12.8 Å². The highest BCUT2D eigenvalue weighted by molar-refractivity contribution is 7.92. The van der Waals surface area contributed by atoms with E-state index in [9.17, 15) is 18.0 Å². The van der Waals surface area contributed by atoms with E-state index in [1.165, 1.54) is 0 Å². The van der Waals surface area contributed by atoms with Crippen LogP contribution in [0.5, 0.6) is 0 Å². The van der Waals surface area contributed by atoms with Crippen LogP contribution in [0.4, 0.5) is 0 Å². The Kier molecular flexibility index (Phi) is 6.62. The maximum atomic E-state index is 12.3. The van der Waals surface area contributed by atoms with E-state index in [2.05, 4.69) is 0 Å². The molecule has 2 aliphatic rings. The van der Waals surface area contributed by atoms with E-state index < -0.39 is 39.7 Å². The summed E-state index contributed by atoms with van der Waals surface area (Å²) in [7, 11) is -3.20. The van der Waals surface area contributed by atoms with Gasteiger partial charge in [0.05, 0.1) is 35.5 Å². The first-order chi connectivity index (χ1) is 11.3. The summed E-state index contributed by atoms with van der Waals surface area (Å²) in [5.41, 5.74) is 0. The van der Waals surface area contributed by atoms with Gasteiger partial charge in [0.1, 0.15) is 0 Å².